The van der Waals surface area contributed by atoms with Crippen LogP contribution >= 0.6 is 0 Å². The van der Waals surface area contributed by atoms with E-state index in [9.17, 15) is 9.90 Å². The maximum Gasteiger partial charge on any atom is 0.315 e. The van der Waals surface area contributed by atoms with E-state index in [0.717, 1.165) is 31.6 Å². The third-order valence-electron chi connectivity index (χ3n) is 4.61. The second-order valence-electron chi connectivity index (χ2n) is 6.47. The molecular formula is C18H24N4O2. The minimum Gasteiger partial charge on any atom is -0.396 e. The lowest BCUT2D eigenvalue weighted by Crippen LogP contribution is -2.39. The molecule has 0 spiro atoms. The third kappa shape index (κ3) is 4.35. The zero-order valence-corrected chi connectivity index (χ0v) is 13.7. The summed E-state index contributed by atoms with van der Waals surface area (Å²) in [4.78, 5) is 16.2. The largest absolute Gasteiger partial charge is 0.396 e. The van der Waals surface area contributed by atoms with E-state index >= 15 is 0 Å². The Balaban J connectivity index is 1.44. The van der Waals surface area contributed by atoms with Crippen molar-refractivity contribution in [2.75, 3.05) is 13.2 Å². The van der Waals surface area contributed by atoms with Crippen LogP contribution in [-0.4, -0.2) is 33.8 Å². The molecule has 1 heterocycles. The van der Waals surface area contributed by atoms with Crippen LogP contribution in [0.1, 0.15) is 24.2 Å². The third-order valence-corrected chi connectivity index (χ3v) is 4.61. The van der Waals surface area contributed by atoms with Gasteiger partial charge in [0, 0.05) is 30.9 Å². The SMILES string of the molecule is O=C(NCc1nccn1CCc1ccccc1)NCC1(CO)CC1. The fourth-order valence-corrected chi connectivity index (χ4v) is 2.66. The van der Waals surface area contributed by atoms with E-state index in [1.54, 1.807) is 6.20 Å². The quantitative estimate of drug-likeness (QED) is 0.690. The maximum atomic E-state index is 11.9. The highest BCUT2D eigenvalue weighted by molar-refractivity contribution is 5.73. The van der Waals surface area contributed by atoms with E-state index < -0.39 is 0 Å². The van der Waals surface area contributed by atoms with Crippen LogP contribution in [0.15, 0.2) is 42.7 Å². The van der Waals surface area contributed by atoms with Crippen molar-refractivity contribution < 1.29 is 9.90 Å². The molecule has 2 amide bonds. The Morgan fingerprint density at radius 2 is 2.04 bits per heavy atom. The molecule has 6 nitrogen and oxygen atoms in total. The molecule has 0 radical (unpaired) electrons. The van der Waals surface area contributed by atoms with Gasteiger partial charge in [-0.1, -0.05) is 30.3 Å². The van der Waals surface area contributed by atoms with Gasteiger partial charge in [0.15, 0.2) is 0 Å². The Hall–Kier alpha value is -2.34. The number of rotatable bonds is 8. The summed E-state index contributed by atoms with van der Waals surface area (Å²) < 4.78 is 2.06. The highest BCUT2D eigenvalue weighted by atomic mass is 16.3. The number of amides is 2. The number of hydrogen-bond donors (Lipinski definition) is 3. The molecule has 0 aliphatic heterocycles. The predicted molar refractivity (Wildman–Crippen MR) is 91.4 cm³/mol. The molecule has 1 aromatic carbocycles. The Kier molecular flexibility index (Phi) is 5.15. The molecule has 6 heteroatoms. The van der Waals surface area contributed by atoms with Crippen LogP contribution in [0.5, 0.6) is 0 Å². The average Bonchev–Trinajstić information content (AvgIpc) is 3.27. The van der Waals surface area contributed by atoms with Gasteiger partial charge in [0.05, 0.1) is 13.2 Å². The number of urea groups is 1. The van der Waals surface area contributed by atoms with Crippen LogP contribution in [-0.2, 0) is 19.5 Å². The number of nitrogens with zero attached hydrogens (tertiary/aromatic N) is 2. The van der Waals surface area contributed by atoms with Crippen molar-refractivity contribution in [3.05, 3.63) is 54.1 Å². The smallest absolute Gasteiger partial charge is 0.315 e. The molecule has 2 aromatic rings. The Morgan fingerprint density at radius 3 is 2.75 bits per heavy atom. The first-order chi connectivity index (χ1) is 11.7. The molecule has 3 rings (SSSR count). The maximum absolute atomic E-state index is 11.9. The summed E-state index contributed by atoms with van der Waals surface area (Å²) in [5.41, 5.74) is 1.20. The Morgan fingerprint density at radius 1 is 1.25 bits per heavy atom. The van der Waals surface area contributed by atoms with E-state index in [-0.39, 0.29) is 18.1 Å². The topological polar surface area (TPSA) is 79.2 Å². The molecule has 3 N–H and O–H groups in total. The normalized spacial score (nSPS) is 15.0. The summed E-state index contributed by atoms with van der Waals surface area (Å²) in [6.07, 6.45) is 6.57. The molecule has 1 saturated carbocycles. The first-order valence-electron chi connectivity index (χ1n) is 8.37. The van der Waals surface area contributed by atoms with Crippen LogP contribution in [0.25, 0.3) is 0 Å². The summed E-state index contributed by atoms with van der Waals surface area (Å²) >= 11 is 0. The van der Waals surface area contributed by atoms with Crippen LogP contribution < -0.4 is 10.6 Å². The molecule has 0 bridgehead atoms. The molecule has 0 atom stereocenters. The Bertz CT molecular complexity index is 665. The molecule has 1 aliphatic rings. The molecule has 1 aliphatic carbocycles. The fourth-order valence-electron chi connectivity index (χ4n) is 2.66. The van der Waals surface area contributed by atoms with E-state index in [1.807, 2.05) is 24.4 Å². The number of nitrogens with one attached hydrogen (secondary N) is 2. The first-order valence-corrected chi connectivity index (χ1v) is 8.37. The zero-order chi connectivity index (χ0) is 16.8. The van der Waals surface area contributed by atoms with E-state index in [2.05, 4.69) is 32.3 Å². The molecular weight excluding hydrogens is 304 g/mol. The number of aryl methyl sites for hydroxylation is 2. The van der Waals surface area contributed by atoms with Gasteiger partial charge in [-0.3, -0.25) is 0 Å². The monoisotopic (exact) mass is 328 g/mol. The zero-order valence-electron chi connectivity index (χ0n) is 13.7. The van der Waals surface area contributed by atoms with Gasteiger partial charge in [-0.15, -0.1) is 0 Å². The summed E-state index contributed by atoms with van der Waals surface area (Å²) in [6.45, 7) is 1.88. The number of hydrogen-bond acceptors (Lipinski definition) is 3. The number of benzene rings is 1. The highest BCUT2D eigenvalue weighted by Crippen LogP contribution is 2.44. The Labute approximate surface area is 141 Å². The van der Waals surface area contributed by atoms with Gasteiger partial charge >= 0.3 is 6.03 Å². The van der Waals surface area contributed by atoms with Crippen molar-refractivity contribution in [1.29, 1.82) is 0 Å². The van der Waals surface area contributed by atoms with Gasteiger partial charge in [0.1, 0.15) is 5.82 Å². The fraction of sp³-hybridized carbons (Fsp3) is 0.444. The average molecular weight is 328 g/mol. The van der Waals surface area contributed by atoms with E-state index in [1.165, 1.54) is 5.56 Å². The second-order valence-corrected chi connectivity index (χ2v) is 6.47. The number of aliphatic hydroxyl groups excluding tert-OH is 1. The van der Waals surface area contributed by atoms with E-state index in [4.69, 9.17) is 0 Å². The van der Waals surface area contributed by atoms with Crippen LogP contribution in [0.4, 0.5) is 4.79 Å². The summed E-state index contributed by atoms with van der Waals surface area (Å²) in [6, 6.07) is 10.1. The number of carbonyl (C=O) groups is 1. The van der Waals surface area contributed by atoms with Gasteiger partial charge < -0.3 is 20.3 Å². The van der Waals surface area contributed by atoms with Gasteiger partial charge in [0.25, 0.3) is 0 Å². The number of imidazole rings is 1. The van der Waals surface area contributed by atoms with Crippen molar-refractivity contribution >= 4 is 6.03 Å². The molecule has 128 valence electrons. The minimum absolute atomic E-state index is 0.0779. The second kappa shape index (κ2) is 7.49. The first kappa shape index (κ1) is 16.5. The number of aliphatic hydroxyl groups is 1. The summed E-state index contributed by atoms with van der Waals surface area (Å²) in [5.74, 6) is 0.837. The molecule has 0 unspecified atom stereocenters. The van der Waals surface area contributed by atoms with E-state index in [0.29, 0.717) is 13.1 Å². The summed E-state index contributed by atoms with van der Waals surface area (Å²) in [5, 5.41) is 14.9. The minimum atomic E-state index is -0.215. The van der Waals surface area contributed by atoms with Crippen molar-refractivity contribution in [2.45, 2.75) is 32.4 Å². The van der Waals surface area contributed by atoms with Crippen LogP contribution in [0.3, 0.4) is 0 Å². The lowest BCUT2D eigenvalue weighted by Gasteiger charge is -2.14. The standard InChI is InChI=1S/C18H24N4O2/c23-14-18(7-8-18)13-21-17(24)20-12-16-19-9-11-22(16)10-6-15-4-2-1-3-5-15/h1-5,9,11,23H,6-8,10,12-14H2,(H2,20,21,24). The van der Waals surface area contributed by atoms with Crippen molar-refractivity contribution in [3.8, 4) is 0 Å². The van der Waals surface area contributed by atoms with Gasteiger partial charge in [-0.2, -0.15) is 0 Å². The summed E-state index contributed by atoms with van der Waals surface area (Å²) in [7, 11) is 0. The molecule has 0 saturated heterocycles. The van der Waals surface area contributed by atoms with Crippen molar-refractivity contribution in [3.63, 3.8) is 0 Å². The molecule has 24 heavy (non-hydrogen) atoms. The van der Waals surface area contributed by atoms with Crippen molar-refractivity contribution in [1.82, 2.24) is 20.2 Å². The van der Waals surface area contributed by atoms with Gasteiger partial charge in [0.2, 0.25) is 0 Å². The highest BCUT2D eigenvalue weighted by Gasteiger charge is 2.42. The lowest BCUT2D eigenvalue weighted by atomic mass is 10.1. The molecule has 1 aromatic heterocycles. The number of aromatic nitrogens is 2. The van der Waals surface area contributed by atoms with Gasteiger partial charge in [-0.05, 0) is 24.8 Å². The van der Waals surface area contributed by atoms with Crippen LogP contribution in [0.2, 0.25) is 0 Å². The number of carbonyl (C=O) groups excluding carboxylic acids is 1. The predicted octanol–water partition coefficient (Wildman–Crippen LogP) is 1.70. The van der Waals surface area contributed by atoms with Gasteiger partial charge in [-0.25, -0.2) is 9.78 Å². The van der Waals surface area contributed by atoms with Crippen LogP contribution in [0, 0.1) is 5.41 Å². The molecule has 1 fully saturated rings. The van der Waals surface area contributed by atoms with Crippen molar-refractivity contribution in [2.24, 2.45) is 5.41 Å². The lowest BCUT2D eigenvalue weighted by molar-refractivity contribution is 0.203.